The summed E-state index contributed by atoms with van der Waals surface area (Å²) in [7, 11) is 1.67. The summed E-state index contributed by atoms with van der Waals surface area (Å²) in [5, 5.41) is 6.44. The van der Waals surface area contributed by atoms with Crippen molar-refractivity contribution in [2.45, 2.75) is 39.3 Å². The van der Waals surface area contributed by atoms with Gasteiger partial charge in [0.05, 0.1) is 18.2 Å². The van der Waals surface area contributed by atoms with Crippen LogP contribution in [0.2, 0.25) is 0 Å². The van der Waals surface area contributed by atoms with Crippen molar-refractivity contribution in [2.75, 3.05) is 39.9 Å². The van der Waals surface area contributed by atoms with Gasteiger partial charge in [-0.3, -0.25) is 9.69 Å². The molecule has 0 aromatic heterocycles. The Hall–Kier alpha value is -0.650. The first kappa shape index (κ1) is 16.4. The van der Waals surface area contributed by atoms with Gasteiger partial charge in [-0.2, -0.15) is 0 Å². The van der Waals surface area contributed by atoms with Crippen molar-refractivity contribution in [3.8, 4) is 0 Å². The Morgan fingerprint density at radius 3 is 2.42 bits per heavy atom. The van der Waals surface area contributed by atoms with Crippen LogP contribution in [0.5, 0.6) is 0 Å². The second-order valence-corrected chi connectivity index (χ2v) is 6.08. The van der Waals surface area contributed by atoms with E-state index >= 15 is 0 Å². The lowest BCUT2D eigenvalue weighted by atomic mass is 9.98. The molecule has 1 saturated heterocycles. The number of carbonyl (C=O) groups is 1. The maximum atomic E-state index is 12.5. The topological polar surface area (TPSA) is 53.6 Å². The molecule has 1 fully saturated rings. The third kappa shape index (κ3) is 4.44. The Balaban J connectivity index is 2.63. The van der Waals surface area contributed by atoms with Crippen molar-refractivity contribution in [1.29, 1.82) is 0 Å². The highest BCUT2D eigenvalue weighted by Crippen LogP contribution is 2.16. The van der Waals surface area contributed by atoms with Crippen LogP contribution in [-0.2, 0) is 9.53 Å². The lowest BCUT2D eigenvalue weighted by molar-refractivity contribution is -0.133. The molecule has 0 saturated carbocycles. The van der Waals surface area contributed by atoms with E-state index in [1.54, 1.807) is 7.11 Å². The number of ether oxygens (including phenoxy) is 1. The van der Waals surface area contributed by atoms with E-state index in [0.717, 1.165) is 26.2 Å². The Bertz CT molecular complexity index is 286. The first-order valence-electron chi connectivity index (χ1n) is 7.15. The zero-order valence-electron chi connectivity index (χ0n) is 13.0. The first-order chi connectivity index (χ1) is 8.89. The van der Waals surface area contributed by atoms with Crippen molar-refractivity contribution in [3.63, 3.8) is 0 Å². The first-order valence-corrected chi connectivity index (χ1v) is 7.15. The summed E-state index contributed by atoms with van der Waals surface area (Å²) < 4.78 is 5.19. The van der Waals surface area contributed by atoms with Gasteiger partial charge >= 0.3 is 0 Å². The molecular weight excluding hydrogens is 242 g/mol. The molecule has 1 heterocycles. The standard InChI is InChI=1S/C14H29N3O2/c1-11(2)12(10-19-5)16-13(18)14(3,4)17-8-6-15-7-9-17/h11-12,15H,6-10H2,1-5H3,(H,16,18). The SMILES string of the molecule is COCC(NC(=O)C(C)(C)N1CCNCC1)C(C)C. The Morgan fingerprint density at radius 1 is 1.37 bits per heavy atom. The number of nitrogens with one attached hydrogen (secondary N) is 2. The van der Waals surface area contributed by atoms with E-state index in [9.17, 15) is 4.79 Å². The molecule has 0 aromatic carbocycles. The number of rotatable bonds is 6. The molecule has 0 radical (unpaired) electrons. The minimum Gasteiger partial charge on any atom is -0.383 e. The molecule has 0 aromatic rings. The van der Waals surface area contributed by atoms with Gasteiger partial charge in [-0.1, -0.05) is 13.8 Å². The number of piperazine rings is 1. The van der Waals surface area contributed by atoms with E-state index in [1.165, 1.54) is 0 Å². The molecule has 5 nitrogen and oxygen atoms in total. The summed E-state index contributed by atoms with van der Waals surface area (Å²) in [5.74, 6) is 0.452. The van der Waals surface area contributed by atoms with E-state index < -0.39 is 5.54 Å². The third-order valence-corrected chi connectivity index (χ3v) is 3.93. The fraction of sp³-hybridized carbons (Fsp3) is 0.929. The average Bonchev–Trinajstić information content (AvgIpc) is 2.38. The maximum absolute atomic E-state index is 12.5. The molecule has 0 aliphatic carbocycles. The second kappa shape index (κ2) is 7.22. The summed E-state index contributed by atoms with van der Waals surface area (Å²) in [6.45, 7) is 12.5. The van der Waals surface area contributed by atoms with Crippen molar-refractivity contribution >= 4 is 5.91 Å². The van der Waals surface area contributed by atoms with Gasteiger partial charge in [-0.15, -0.1) is 0 Å². The average molecular weight is 271 g/mol. The molecule has 1 atom stereocenters. The van der Waals surface area contributed by atoms with Crippen molar-refractivity contribution in [3.05, 3.63) is 0 Å². The normalized spacial score (nSPS) is 19.5. The summed E-state index contributed by atoms with van der Waals surface area (Å²) >= 11 is 0. The van der Waals surface area contributed by atoms with E-state index in [1.807, 2.05) is 13.8 Å². The minimum atomic E-state index is -0.469. The van der Waals surface area contributed by atoms with E-state index in [2.05, 4.69) is 29.4 Å². The number of hydrogen-bond donors (Lipinski definition) is 2. The molecule has 19 heavy (non-hydrogen) atoms. The summed E-state index contributed by atoms with van der Waals surface area (Å²) in [4.78, 5) is 14.8. The molecule has 1 unspecified atom stereocenters. The van der Waals surface area contributed by atoms with Crippen LogP contribution < -0.4 is 10.6 Å². The molecule has 0 bridgehead atoms. The number of amides is 1. The zero-order valence-corrected chi connectivity index (χ0v) is 13.0. The second-order valence-electron chi connectivity index (χ2n) is 6.08. The highest BCUT2D eigenvalue weighted by molar-refractivity contribution is 5.85. The molecule has 1 aliphatic rings. The molecule has 5 heteroatoms. The molecule has 1 amide bonds. The third-order valence-electron chi connectivity index (χ3n) is 3.93. The number of methoxy groups -OCH3 is 1. The predicted molar refractivity (Wildman–Crippen MR) is 77.2 cm³/mol. The van der Waals surface area contributed by atoms with Crippen LogP contribution in [0.1, 0.15) is 27.7 Å². The van der Waals surface area contributed by atoms with Gasteiger partial charge in [-0.05, 0) is 19.8 Å². The Morgan fingerprint density at radius 2 is 1.95 bits per heavy atom. The fourth-order valence-corrected chi connectivity index (χ4v) is 2.29. The van der Waals surface area contributed by atoms with Crippen LogP contribution in [0.25, 0.3) is 0 Å². The van der Waals surface area contributed by atoms with Crippen molar-refractivity contribution in [2.24, 2.45) is 5.92 Å². The predicted octanol–water partition coefficient (Wildman–Crippen LogP) is 0.457. The number of carbonyl (C=O) groups excluding carboxylic acids is 1. The lowest BCUT2D eigenvalue weighted by Crippen LogP contribution is -2.61. The van der Waals surface area contributed by atoms with E-state index in [-0.39, 0.29) is 11.9 Å². The Kier molecular flexibility index (Phi) is 6.23. The monoisotopic (exact) mass is 271 g/mol. The van der Waals surface area contributed by atoms with Crippen LogP contribution in [-0.4, -0.2) is 62.3 Å². The number of nitrogens with zero attached hydrogens (tertiary/aromatic N) is 1. The highest BCUT2D eigenvalue weighted by Gasteiger charge is 2.36. The smallest absolute Gasteiger partial charge is 0.240 e. The quantitative estimate of drug-likeness (QED) is 0.737. The molecule has 112 valence electrons. The molecule has 1 aliphatic heterocycles. The number of hydrogen-bond acceptors (Lipinski definition) is 4. The van der Waals surface area contributed by atoms with Crippen LogP contribution in [0.15, 0.2) is 0 Å². The van der Waals surface area contributed by atoms with Crippen molar-refractivity contribution < 1.29 is 9.53 Å². The lowest BCUT2D eigenvalue weighted by Gasteiger charge is -2.40. The van der Waals surface area contributed by atoms with E-state index in [4.69, 9.17) is 4.74 Å². The van der Waals surface area contributed by atoms with Gasteiger partial charge in [-0.25, -0.2) is 0 Å². The minimum absolute atomic E-state index is 0.0692. The van der Waals surface area contributed by atoms with Crippen LogP contribution >= 0.6 is 0 Å². The molecule has 1 rings (SSSR count). The summed E-state index contributed by atoms with van der Waals surface area (Å²) in [6, 6.07) is 0.0692. The summed E-state index contributed by atoms with van der Waals surface area (Å²) in [6.07, 6.45) is 0. The Labute approximate surface area is 117 Å². The zero-order chi connectivity index (χ0) is 14.5. The largest absolute Gasteiger partial charge is 0.383 e. The van der Waals surface area contributed by atoms with Gasteiger partial charge in [0.2, 0.25) is 5.91 Å². The van der Waals surface area contributed by atoms with Crippen LogP contribution in [0.4, 0.5) is 0 Å². The maximum Gasteiger partial charge on any atom is 0.240 e. The van der Waals surface area contributed by atoms with Crippen LogP contribution in [0.3, 0.4) is 0 Å². The van der Waals surface area contributed by atoms with Crippen molar-refractivity contribution in [1.82, 2.24) is 15.5 Å². The van der Waals surface area contributed by atoms with Gasteiger partial charge in [0.15, 0.2) is 0 Å². The van der Waals surface area contributed by atoms with Gasteiger partial charge < -0.3 is 15.4 Å². The fourth-order valence-electron chi connectivity index (χ4n) is 2.29. The van der Waals surface area contributed by atoms with Crippen LogP contribution in [0, 0.1) is 5.92 Å². The molecule has 0 spiro atoms. The molecule has 2 N–H and O–H groups in total. The highest BCUT2D eigenvalue weighted by atomic mass is 16.5. The van der Waals surface area contributed by atoms with Gasteiger partial charge in [0.1, 0.15) is 0 Å². The molecular formula is C14H29N3O2. The van der Waals surface area contributed by atoms with E-state index in [0.29, 0.717) is 12.5 Å². The van der Waals surface area contributed by atoms with Gasteiger partial charge in [0.25, 0.3) is 0 Å². The summed E-state index contributed by atoms with van der Waals surface area (Å²) in [5.41, 5.74) is -0.469. The van der Waals surface area contributed by atoms with Gasteiger partial charge in [0, 0.05) is 33.3 Å².